The zero-order valence-electron chi connectivity index (χ0n) is 8.75. The third kappa shape index (κ3) is 9.08. The molecule has 0 aromatic carbocycles. The van der Waals surface area contributed by atoms with Gasteiger partial charge in [0.05, 0.1) is 6.61 Å². The number of carbonyl (C=O) groups is 1. The van der Waals surface area contributed by atoms with Crippen molar-refractivity contribution in [2.24, 2.45) is 0 Å². The Hall–Kier alpha value is -0.830. The summed E-state index contributed by atoms with van der Waals surface area (Å²) in [6, 6.07) is 0. The molecule has 0 amide bonds. The molecule has 0 aliphatic carbocycles. The quantitative estimate of drug-likeness (QED) is 0.356. The van der Waals surface area contributed by atoms with Crippen LogP contribution in [0.1, 0.15) is 19.8 Å². The van der Waals surface area contributed by atoms with Crippen molar-refractivity contribution in [1.82, 2.24) is 4.90 Å². The summed E-state index contributed by atoms with van der Waals surface area (Å²) in [7, 11) is 3.90. The van der Waals surface area contributed by atoms with Crippen LogP contribution in [0.15, 0.2) is 12.2 Å². The van der Waals surface area contributed by atoms with E-state index in [-0.39, 0.29) is 5.97 Å². The van der Waals surface area contributed by atoms with Gasteiger partial charge >= 0.3 is 5.97 Å². The Morgan fingerprint density at radius 3 is 2.69 bits per heavy atom. The van der Waals surface area contributed by atoms with Crippen molar-refractivity contribution >= 4 is 5.97 Å². The summed E-state index contributed by atoms with van der Waals surface area (Å²) in [5.41, 5.74) is 0. The normalized spacial score (nSPS) is 11.1. The second-order valence-corrected chi connectivity index (χ2v) is 3.19. The lowest BCUT2D eigenvalue weighted by Crippen LogP contribution is -2.11. The second-order valence-electron chi connectivity index (χ2n) is 3.19. The van der Waals surface area contributed by atoms with Crippen molar-refractivity contribution in [1.29, 1.82) is 0 Å². The molecule has 0 aromatic rings. The van der Waals surface area contributed by atoms with Gasteiger partial charge in [-0.15, -0.1) is 0 Å². The first-order valence-corrected chi connectivity index (χ1v) is 4.64. The van der Waals surface area contributed by atoms with Gasteiger partial charge in [0.1, 0.15) is 0 Å². The minimum atomic E-state index is -0.240. The Kier molecular flexibility index (Phi) is 7.30. The summed E-state index contributed by atoms with van der Waals surface area (Å²) in [4.78, 5) is 13.0. The molecule has 0 spiro atoms. The Morgan fingerprint density at radius 1 is 1.46 bits per heavy atom. The van der Waals surface area contributed by atoms with E-state index in [9.17, 15) is 4.79 Å². The molecule has 3 nitrogen and oxygen atoms in total. The maximum atomic E-state index is 11.0. The topological polar surface area (TPSA) is 29.5 Å². The van der Waals surface area contributed by atoms with E-state index in [2.05, 4.69) is 6.92 Å². The third-order valence-corrected chi connectivity index (χ3v) is 1.47. The van der Waals surface area contributed by atoms with Crippen LogP contribution in [0.2, 0.25) is 0 Å². The van der Waals surface area contributed by atoms with Gasteiger partial charge in [-0.05, 0) is 20.5 Å². The fraction of sp³-hybridized carbons (Fsp3) is 0.700. The maximum absolute atomic E-state index is 11.0. The van der Waals surface area contributed by atoms with Gasteiger partial charge in [-0.25, -0.2) is 4.79 Å². The number of unbranched alkanes of at least 4 members (excludes halogenated alkanes) is 1. The summed E-state index contributed by atoms with van der Waals surface area (Å²) in [5.74, 6) is -0.240. The van der Waals surface area contributed by atoms with Crippen molar-refractivity contribution in [2.45, 2.75) is 19.8 Å². The molecule has 0 unspecified atom stereocenters. The van der Waals surface area contributed by atoms with E-state index in [4.69, 9.17) is 4.74 Å². The smallest absolute Gasteiger partial charge is 0.330 e. The zero-order chi connectivity index (χ0) is 10.1. The van der Waals surface area contributed by atoms with Gasteiger partial charge in [-0.1, -0.05) is 19.4 Å². The number of nitrogens with zero attached hydrogens (tertiary/aromatic N) is 1. The summed E-state index contributed by atoms with van der Waals surface area (Å²) < 4.78 is 4.92. The Labute approximate surface area is 80.4 Å². The fourth-order valence-corrected chi connectivity index (χ4v) is 0.725. The van der Waals surface area contributed by atoms with E-state index in [0.29, 0.717) is 6.61 Å². The molecule has 0 aliphatic heterocycles. The van der Waals surface area contributed by atoms with Crippen LogP contribution in [0.4, 0.5) is 0 Å². The van der Waals surface area contributed by atoms with E-state index in [1.807, 2.05) is 19.0 Å². The number of hydrogen-bond donors (Lipinski definition) is 0. The minimum Gasteiger partial charge on any atom is -0.463 e. The first-order valence-electron chi connectivity index (χ1n) is 4.64. The van der Waals surface area contributed by atoms with Crippen LogP contribution >= 0.6 is 0 Å². The molecule has 0 N–H and O–H groups in total. The summed E-state index contributed by atoms with van der Waals surface area (Å²) in [6.07, 6.45) is 5.27. The lowest BCUT2D eigenvalue weighted by Gasteiger charge is -2.03. The zero-order valence-corrected chi connectivity index (χ0v) is 8.75. The predicted molar refractivity (Wildman–Crippen MR) is 53.6 cm³/mol. The average molecular weight is 185 g/mol. The lowest BCUT2D eigenvalue weighted by molar-refractivity contribution is -0.137. The van der Waals surface area contributed by atoms with Gasteiger partial charge < -0.3 is 9.64 Å². The van der Waals surface area contributed by atoms with Crippen molar-refractivity contribution < 1.29 is 9.53 Å². The van der Waals surface area contributed by atoms with Gasteiger partial charge in [0.15, 0.2) is 0 Å². The number of esters is 1. The molecule has 0 heterocycles. The molecular weight excluding hydrogens is 166 g/mol. The molecule has 0 saturated heterocycles. The number of likely N-dealkylation sites (N-methyl/N-ethyl adjacent to an activating group) is 1. The molecule has 0 bridgehead atoms. The highest BCUT2D eigenvalue weighted by atomic mass is 16.5. The molecule has 0 rings (SSSR count). The van der Waals surface area contributed by atoms with Crippen LogP contribution in [-0.2, 0) is 9.53 Å². The largest absolute Gasteiger partial charge is 0.463 e. The number of hydrogen-bond acceptors (Lipinski definition) is 3. The van der Waals surface area contributed by atoms with Gasteiger partial charge in [0.25, 0.3) is 0 Å². The van der Waals surface area contributed by atoms with Crippen LogP contribution in [0.3, 0.4) is 0 Å². The highest BCUT2D eigenvalue weighted by Crippen LogP contribution is 1.89. The molecule has 13 heavy (non-hydrogen) atoms. The molecule has 0 aliphatic rings. The SMILES string of the molecule is CCCCOC(=O)/C=C/CN(C)C. The van der Waals surface area contributed by atoms with Gasteiger partial charge in [0, 0.05) is 12.6 Å². The number of carbonyl (C=O) groups excluding carboxylic acids is 1. The molecule has 0 aromatic heterocycles. The fourth-order valence-electron chi connectivity index (χ4n) is 0.725. The molecule has 0 atom stereocenters. The standard InChI is InChI=1S/C10H19NO2/c1-4-5-9-13-10(12)7-6-8-11(2)3/h6-7H,4-5,8-9H2,1-3H3/b7-6+. The Balaban J connectivity index is 3.44. The molecule has 0 saturated carbocycles. The van der Waals surface area contributed by atoms with Crippen LogP contribution in [-0.4, -0.2) is 38.1 Å². The highest BCUT2D eigenvalue weighted by Gasteiger charge is 1.94. The first-order chi connectivity index (χ1) is 6.16. The van der Waals surface area contributed by atoms with E-state index in [1.54, 1.807) is 6.08 Å². The minimum absolute atomic E-state index is 0.240. The van der Waals surface area contributed by atoms with Gasteiger partial charge in [-0.2, -0.15) is 0 Å². The van der Waals surface area contributed by atoms with Crippen LogP contribution in [0, 0.1) is 0 Å². The van der Waals surface area contributed by atoms with Crippen molar-refractivity contribution in [2.75, 3.05) is 27.2 Å². The summed E-state index contributed by atoms with van der Waals surface area (Å²) in [6.45, 7) is 3.36. The van der Waals surface area contributed by atoms with Crippen molar-refractivity contribution in [3.63, 3.8) is 0 Å². The maximum Gasteiger partial charge on any atom is 0.330 e. The van der Waals surface area contributed by atoms with Crippen molar-refractivity contribution in [3.8, 4) is 0 Å². The van der Waals surface area contributed by atoms with E-state index in [0.717, 1.165) is 19.4 Å². The third-order valence-electron chi connectivity index (χ3n) is 1.47. The van der Waals surface area contributed by atoms with E-state index in [1.165, 1.54) is 6.08 Å². The Morgan fingerprint density at radius 2 is 2.15 bits per heavy atom. The van der Waals surface area contributed by atoms with Crippen LogP contribution in [0.5, 0.6) is 0 Å². The summed E-state index contributed by atoms with van der Waals surface area (Å²) >= 11 is 0. The molecular formula is C10H19NO2. The van der Waals surface area contributed by atoms with E-state index >= 15 is 0 Å². The summed E-state index contributed by atoms with van der Waals surface area (Å²) in [5, 5.41) is 0. The van der Waals surface area contributed by atoms with Gasteiger partial charge in [0.2, 0.25) is 0 Å². The molecule has 3 heteroatoms. The Bertz CT molecular complexity index is 164. The monoisotopic (exact) mass is 185 g/mol. The van der Waals surface area contributed by atoms with Gasteiger partial charge in [-0.3, -0.25) is 0 Å². The second kappa shape index (κ2) is 7.80. The first kappa shape index (κ1) is 12.2. The molecule has 0 fully saturated rings. The lowest BCUT2D eigenvalue weighted by atomic mass is 10.4. The number of ether oxygens (including phenoxy) is 1. The van der Waals surface area contributed by atoms with Crippen LogP contribution in [0.25, 0.3) is 0 Å². The van der Waals surface area contributed by atoms with Crippen LogP contribution < -0.4 is 0 Å². The molecule has 0 radical (unpaired) electrons. The predicted octanol–water partition coefficient (Wildman–Crippen LogP) is 1.45. The van der Waals surface area contributed by atoms with Crippen molar-refractivity contribution in [3.05, 3.63) is 12.2 Å². The highest BCUT2D eigenvalue weighted by molar-refractivity contribution is 5.81. The molecule has 76 valence electrons. The average Bonchev–Trinajstić information content (AvgIpc) is 2.04. The number of rotatable bonds is 6. The van der Waals surface area contributed by atoms with E-state index < -0.39 is 0 Å².